The molecule has 0 saturated heterocycles. The fourth-order valence-corrected chi connectivity index (χ4v) is 4.41. The van der Waals surface area contributed by atoms with E-state index in [9.17, 15) is 0 Å². The first kappa shape index (κ1) is 20.5. The molecule has 3 rings (SSSR count). The maximum absolute atomic E-state index is 8.93. The third-order valence-electron chi connectivity index (χ3n) is 2.93. The Balaban J connectivity index is 0.000000212. The topological polar surface area (TPSA) is 29.5 Å². The largest absolute Gasteiger partial charge is 0.508 e. The predicted molar refractivity (Wildman–Crippen MR) is 116 cm³/mol. The van der Waals surface area contributed by atoms with Crippen molar-refractivity contribution in [2.45, 2.75) is 6.61 Å². The molecule has 1 N–H and O–H groups in total. The number of halogens is 4. The van der Waals surface area contributed by atoms with Crippen molar-refractivity contribution in [3.8, 4) is 11.5 Å². The maximum Gasteiger partial charge on any atom is 0.122 e. The summed E-state index contributed by atoms with van der Waals surface area (Å²) in [6.07, 6.45) is 0. The number of hydrogen-bond donors (Lipinski definition) is 1. The zero-order chi connectivity index (χ0) is 18.2. The van der Waals surface area contributed by atoms with Crippen LogP contribution < -0.4 is 4.74 Å². The minimum atomic E-state index is 0.260. The molecule has 6 heteroatoms. The number of benzene rings is 3. The van der Waals surface area contributed by atoms with Gasteiger partial charge < -0.3 is 9.84 Å². The summed E-state index contributed by atoms with van der Waals surface area (Å²) in [6, 6.07) is 21.1. The van der Waals surface area contributed by atoms with E-state index in [0.29, 0.717) is 6.61 Å². The quantitative estimate of drug-likeness (QED) is 0.337. The zero-order valence-electron chi connectivity index (χ0n) is 12.9. The van der Waals surface area contributed by atoms with Crippen LogP contribution in [0.1, 0.15) is 5.56 Å². The number of rotatable bonds is 3. The Morgan fingerprint density at radius 2 is 1.16 bits per heavy atom. The van der Waals surface area contributed by atoms with E-state index in [1.807, 2.05) is 54.6 Å². The SMILES string of the molecule is Brc1cc(Br)cc(OCc2ccccc2)c1.Oc1cc(Br)cc(Br)c1. The molecule has 0 aromatic heterocycles. The normalized spacial score (nSPS) is 9.92. The summed E-state index contributed by atoms with van der Waals surface area (Å²) in [4.78, 5) is 0. The van der Waals surface area contributed by atoms with Crippen LogP contribution in [0.15, 0.2) is 84.6 Å². The molecule has 0 bridgehead atoms. The molecule has 0 amide bonds. The van der Waals surface area contributed by atoms with Crippen LogP contribution >= 0.6 is 63.7 Å². The van der Waals surface area contributed by atoms with Gasteiger partial charge in [0.2, 0.25) is 0 Å². The zero-order valence-corrected chi connectivity index (χ0v) is 19.3. The van der Waals surface area contributed by atoms with Crippen LogP contribution in [0.2, 0.25) is 0 Å². The number of phenolic OH excluding ortho intramolecular Hbond substituents is 1. The minimum absolute atomic E-state index is 0.260. The summed E-state index contributed by atoms with van der Waals surface area (Å²) in [7, 11) is 0. The molecule has 0 aliphatic carbocycles. The van der Waals surface area contributed by atoms with Gasteiger partial charge in [0.05, 0.1) is 0 Å². The summed E-state index contributed by atoms with van der Waals surface area (Å²) in [5.74, 6) is 1.11. The smallest absolute Gasteiger partial charge is 0.122 e. The number of phenols is 1. The van der Waals surface area contributed by atoms with E-state index in [2.05, 4.69) is 63.7 Å². The van der Waals surface area contributed by atoms with Gasteiger partial charge in [0.25, 0.3) is 0 Å². The van der Waals surface area contributed by atoms with Crippen molar-refractivity contribution < 1.29 is 9.84 Å². The lowest BCUT2D eigenvalue weighted by molar-refractivity contribution is 0.306. The van der Waals surface area contributed by atoms with E-state index in [4.69, 9.17) is 9.84 Å². The Morgan fingerprint density at radius 3 is 1.64 bits per heavy atom. The highest BCUT2D eigenvalue weighted by atomic mass is 79.9. The average molecular weight is 594 g/mol. The second-order valence-electron chi connectivity index (χ2n) is 5.01. The Bertz CT molecular complexity index is 752. The molecule has 130 valence electrons. The van der Waals surface area contributed by atoms with E-state index in [1.54, 1.807) is 12.1 Å². The second kappa shape index (κ2) is 10.4. The summed E-state index contributed by atoms with van der Waals surface area (Å²) >= 11 is 13.3. The van der Waals surface area contributed by atoms with E-state index >= 15 is 0 Å². The van der Waals surface area contributed by atoms with Crippen molar-refractivity contribution in [3.05, 3.63) is 90.2 Å². The van der Waals surface area contributed by atoms with E-state index in [0.717, 1.165) is 23.6 Å². The molecular weight excluding hydrogens is 580 g/mol. The van der Waals surface area contributed by atoms with Gasteiger partial charge >= 0.3 is 0 Å². The van der Waals surface area contributed by atoms with Crippen molar-refractivity contribution >= 4 is 63.7 Å². The summed E-state index contributed by atoms with van der Waals surface area (Å²) in [5.41, 5.74) is 1.17. The molecule has 0 aliphatic heterocycles. The van der Waals surface area contributed by atoms with Crippen molar-refractivity contribution in [2.24, 2.45) is 0 Å². The minimum Gasteiger partial charge on any atom is -0.508 e. The Hall–Kier alpha value is -0.820. The van der Waals surface area contributed by atoms with Gasteiger partial charge in [-0.15, -0.1) is 0 Å². The molecule has 2 nitrogen and oxygen atoms in total. The number of aromatic hydroxyl groups is 1. The van der Waals surface area contributed by atoms with E-state index < -0.39 is 0 Å². The van der Waals surface area contributed by atoms with Crippen LogP contribution in [0.5, 0.6) is 11.5 Å². The standard InChI is InChI=1S/C13H10Br2O.C6H4Br2O/c14-11-6-12(15)8-13(7-11)16-9-10-4-2-1-3-5-10;7-4-1-5(8)3-6(9)2-4/h1-8H,9H2;1-3,9H. The molecule has 3 aromatic rings. The van der Waals surface area contributed by atoms with Crippen molar-refractivity contribution in [1.82, 2.24) is 0 Å². The predicted octanol–water partition coefficient (Wildman–Crippen LogP) is 7.71. The van der Waals surface area contributed by atoms with Gasteiger partial charge in [-0.3, -0.25) is 0 Å². The fraction of sp³-hybridized carbons (Fsp3) is 0.0526. The molecule has 0 saturated carbocycles. The Labute approximate surface area is 180 Å². The first-order valence-corrected chi connectivity index (χ1v) is 10.4. The van der Waals surface area contributed by atoms with E-state index in [1.165, 1.54) is 5.56 Å². The van der Waals surface area contributed by atoms with Gasteiger partial charge in [0.1, 0.15) is 18.1 Å². The first-order valence-electron chi connectivity index (χ1n) is 7.20. The van der Waals surface area contributed by atoms with Gasteiger partial charge in [0.15, 0.2) is 0 Å². The molecule has 0 fully saturated rings. The third kappa shape index (κ3) is 7.94. The van der Waals surface area contributed by atoms with Gasteiger partial charge in [-0.25, -0.2) is 0 Å². The molecule has 0 unspecified atom stereocenters. The number of ether oxygens (including phenoxy) is 1. The molecule has 25 heavy (non-hydrogen) atoms. The van der Waals surface area contributed by atoms with Crippen LogP contribution in [-0.4, -0.2) is 5.11 Å². The van der Waals surface area contributed by atoms with Gasteiger partial charge in [-0.1, -0.05) is 94.1 Å². The van der Waals surface area contributed by atoms with Gasteiger partial charge in [-0.2, -0.15) is 0 Å². The molecule has 0 spiro atoms. The van der Waals surface area contributed by atoms with Crippen LogP contribution in [0.4, 0.5) is 0 Å². The maximum atomic E-state index is 8.93. The van der Waals surface area contributed by atoms with Crippen molar-refractivity contribution in [3.63, 3.8) is 0 Å². The highest BCUT2D eigenvalue weighted by Crippen LogP contribution is 2.25. The van der Waals surface area contributed by atoms with Gasteiger partial charge in [-0.05, 0) is 42.0 Å². The summed E-state index contributed by atoms with van der Waals surface area (Å²) < 4.78 is 9.44. The highest BCUT2D eigenvalue weighted by molar-refractivity contribution is 9.11. The van der Waals surface area contributed by atoms with Crippen molar-refractivity contribution in [1.29, 1.82) is 0 Å². The fourth-order valence-electron chi connectivity index (χ4n) is 1.89. The lowest BCUT2D eigenvalue weighted by Gasteiger charge is -2.07. The molecule has 0 atom stereocenters. The summed E-state index contributed by atoms with van der Waals surface area (Å²) in [5, 5.41) is 8.93. The van der Waals surface area contributed by atoms with E-state index in [-0.39, 0.29) is 5.75 Å². The number of hydrogen-bond acceptors (Lipinski definition) is 2. The van der Waals surface area contributed by atoms with Crippen LogP contribution in [0.3, 0.4) is 0 Å². The third-order valence-corrected chi connectivity index (χ3v) is 4.76. The van der Waals surface area contributed by atoms with Gasteiger partial charge in [0, 0.05) is 17.9 Å². The molecule has 0 aliphatic rings. The van der Waals surface area contributed by atoms with Crippen LogP contribution in [0, 0.1) is 0 Å². The van der Waals surface area contributed by atoms with Crippen molar-refractivity contribution in [2.75, 3.05) is 0 Å². The van der Waals surface area contributed by atoms with Crippen LogP contribution in [0.25, 0.3) is 0 Å². The molecular formula is C19H14Br4O2. The lowest BCUT2D eigenvalue weighted by atomic mass is 10.2. The summed E-state index contributed by atoms with van der Waals surface area (Å²) in [6.45, 7) is 0.587. The Morgan fingerprint density at radius 1 is 0.680 bits per heavy atom. The first-order chi connectivity index (χ1) is 11.9. The molecule has 3 aromatic carbocycles. The lowest BCUT2D eigenvalue weighted by Crippen LogP contribution is -1.94. The monoisotopic (exact) mass is 590 g/mol. The second-order valence-corrected chi connectivity index (χ2v) is 8.67. The molecule has 0 radical (unpaired) electrons. The Kier molecular flexibility index (Phi) is 8.49. The average Bonchev–Trinajstić information content (AvgIpc) is 2.52. The molecule has 0 heterocycles. The highest BCUT2D eigenvalue weighted by Gasteiger charge is 1.99. The van der Waals surface area contributed by atoms with Crippen LogP contribution in [-0.2, 0) is 6.61 Å².